The van der Waals surface area contributed by atoms with Crippen LogP contribution >= 0.6 is 0 Å². The van der Waals surface area contributed by atoms with Crippen LogP contribution in [-0.2, 0) is 0 Å². The van der Waals surface area contributed by atoms with Gasteiger partial charge in [-0.05, 0) is 54.0 Å². The Bertz CT molecular complexity index is 532. The fourth-order valence-corrected chi connectivity index (χ4v) is 4.02. The van der Waals surface area contributed by atoms with Crippen LogP contribution in [0.3, 0.4) is 0 Å². The first-order valence-corrected chi connectivity index (χ1v) is 11.7. The highest BCUT2D eigenvalue weighted by molar-refractivity contribution is 6.74. The zero-order chi connectivity index (χ0) is 17.3. The van der Waals surface area contributed by atoms with Crippen LogP contribution in [-0.4, -0.2) is 25.5 Å². The third kappa shape index (κ3) is 4.40. The molecule has 1 aromatic carbocycles. The summed E-state index contributed by atoms with van der Waals surface area (Å²) < 4.78 is 6.56. The van der Waals surface area contributed by atoms with Gasteiger partial charge in [-0.25, -0.2) is 0 Å². The molecule has 3 nitrogen and oxygen atoms in total. The lowest BCUT2D eigenvalue weighted by atomic mass is 9.76. The number of hydrogen-bond donors (Lipinski definition) is 2. The van der Waals surface area contributed by atoms with Gasteiger partial charge in [-0.15, -0.1) is 0 Å². The fraction of sp³-hybridized carbons (Fsp3) is 0.667. The van der Waals surface area contributed by atoms with Crippen molar-refractivity contribution in [3.05, 3.63) is 23.8 Å². The first-order valence-electron chi connectivity index (χ1n) is 8.81. The van der Waals surface area contributed by atoms with Crippen LogP contribution in [0.5, 0.6) is 5.75 Å². The van der Waals surface area contributed by atoms with Gasteiger partial charge in [-0.2, -0.15) is 0 Å². The normalized spacial score (nSPS) is 17.2. The molecular weight excluding hydrogens is 303 g/mol. The van der Waals surface area contributed by atoms with Crippen molar-refractivity contribution < 1.29 is 14.5 Å². The average Bonchev–Trinajstić information content (AvgIpc) is 2.46. The molecule has 0 atom stereocenters. The Balaban J connectivity index is 2.37. The van der Waals surface area contributed by atoms with Gasteiger partial charge in [-0.3, -0.25) is 0 Å². The highest BCUT2D eigenvalue weighted by Crippen LogP contribution is 2.41. The highest BCUT2D eigenvalue weighted by atomic mass is 28.4. The van der Waals surface area contributed by atoms with Crippen molar-refractivity contribution in [2.45, 2.75) is 76.9 Å². The van der Waals surface area contributed by atoms with Gasteiger partial charge in [0.1, 0.15) is 5.75 Å². The van der Waals surface area contributed by atoms with Crippen LogP contribution in [0.4, 0.5) is 0 Å². The average molecular weight is 334 g/mol. The molecule has 0 saturated heterocycles. The van der Waals surface area contributed by atoms with Gasteiger partial charge in [0.15, 0.2) is 0 Å². The minimum absolute atomic E-state index is 0.145. The molecular formula is C18H31BO3Si. The van der Waals surface area contributed by atoms with Crippen LogP contribution in [0, 0.1) is 0 Å². The van der Waals surface area contributed by atoms with Crippen LogP contribution in [0.15, 0.2) is 18.2 Å². The van der Waals surface area contributed by atoms with E-state index in [2.05, 4.69) is 33.9 Å². The van der Waals surface area contributed by atoms with E-state index in [0.717, 1.165) is 5.75 Å². The van der Waals surface area contributed by atoms with Crippen molar-refractivity contribution in [2.24, 2.45) is 0 Å². The maximum atomic E-state index is 9.52. The minimum Gasteiger partial charge on any atom is -0.543 e. The highest BCUT2D eigenvalue weighted by Gasteiger charge is 2.39. The van der Waals surface area contributed by atoms with E-state index in [1.807, 2.05) is 12.1 Å². The van der Waals surface area contributed by atoms with E-state index in [0.29, 0.717) is 11.4 Å². The Morgan fingerprint density at radius 3 is 2.22 bits per heavy atom. The molecule has 1 aliphatic carbocycles. The van der Waals surface area contributed by atoms with Crippen molar-refractivity contribution in [3.63, 3.8) is 0 Å². The predicted molar refractivity (Wildman–Crippen MR) is 99.9 cm³/mol. The quantitative estimate of drug-likeness (QED) is 0.824. The summed E-state index contributed by atoms with van der Waals surface area (Å²) in [6.45, 7) is 11.2. The van der Waals surface area contributed by atoms with E-state index < -0.39 is 15.4 Å². The SMILES string of the molecule is CC(C)(C)[Si](C)(C)Oc1ccc(B(O)O)cc1C1CCCCC1. The molecule has 0 amide bonds. The second-order valence-electron chi connectivity index (χ2n) is 8.37. The van der Waals surface area contributed by atoms with E-state index in [1.54, 1.807) is 6.07 Å². The molecule has 0 radical (unpaired) electrons. The molecule has 0 unspecified atom stereocenters. The van der Waals surface area contributed by atoms with Gasteiger partial charge in [0, 0.05) is 0 Å². The largest absolute Gasteiger partial charge is 0.543 e. The number of rotatable bonds is 4. The standard InChI is InChI=1S/C18H31BO3Si/c1-18(2,3)23(4,5)22-17-12-11-15(19(20)21)13-16(17)14-9-7-6-8-10-14/h11-14,20-21H,6-10H2,1-5H3. The van der Waals surface area contributed by atoms with E-state index in [4.69, 9.17) is 4.43 Å². The van der Waals surface area contributed by atoms with Crippen LogP contribution < -0.4 is 9.89 Å². The third-order valence-corrected chi connectivity index (χ3v) is 9.89. The molecule has 1 saturated carbocycles. The maximum absolute atomic E-state index is 9.52. The molecule has 0 aromatic heterocycles. The topological polar surface area (TPSA) is 49.7 Å². The second-order valence-corrected chi connectivity index (χ2v) is 13.1. The lowest BCUT2D eigenvalue weighted by Crippen LogP contribution is -2.44. The summed E-state index contributed by atoms with van der Waals surface area (Å²) >= 11 is 0. The summed E-state index contributed by atoms with van der Waals surface area (Å²) in [7, 11) is -3.33. The number of benzene rings is 1. The predicted octanol–water partition coefficient (Wildman–Crippen LogP) is 3.80. The van der Waals surface area contributed by atoms with Gasteiger partial charge in [0.2, 0.25) is 8.32 Å². The van der Waals surface area contributed by atoms with Crippen LogP contribution in [0.25, 0.3) is 0 Å². The van der Waals surface area contributed by atoms with E-state index in [-0.39, 0.29) is 5.04 Å². The monoisotopic (exact) mass is 334 g/mol. The van der Waals surface area contributed by atoms with Crippen LogP contribution in [0.2, 0.25) is 18.1 Å². The molecule has 23 heavy (non-hydrogen) atoms. The molecule has 0 aliphatic heterocycles. The van der Waals surface area contributed by atoms with Gasteiger partial charge < -0.3 is 14.5 Å². The molecule has 1 aliphatic rings. The summed E-state index contributed by atoms with van der Waals surface area (Å²) in [4.78, 5) is 0. The molecule has 0 bridgehead atoms. The Labute approximate surface area is 142 Å². The van der Waals surface area contributed by atoms with Crippen molar-refractivity contribution in [1.29, 1.82) is 0 Å². The fourth-order valence-electron chi connectivity index (χ4n) is 2.98. The Kier molecular flexibility index (Phi) is 5.64. The van der Waals surface area contributed by atoms with Gasteiger partial charge in [0.25, 0.3) is 0 Å². The summed E-state index contributed by atoms with van der Waals surface area (Å²) in [6, 6.07) is 5.67. The van der Waals surface area contributed by atoms with Gasteiger partial charge in [-0.1, -0.05) is 52.2 Å². The van der Waals surface area contributed by atoms with Gasteiger partial charge in [0.05, 0.1) is 0 Å². The molecule has 1 aromatic rings. The molecule has 2 N–H and O–H groups in total. The third-order valence-electron chi connectivity index (χ3n) is 5.55. The van der Waals surface area contributed by atoms with E-state index >= 15 is 0 Å². The Hall–Kier alpha value is -0.778. The Morgan fingerprint density at radius 1 is 1.09 bits per heavy atom. The minimum atomic E-state index is -1.91. The molecule has 1 fully saturated rings. The molecule has 2 rings (SSSR count). The Morgan fingerprint density at radius 2 is 1.70 bits per heavy atom. The molecule has 5 heteroatoms. The van der Waals surface area contributed by atoms with Crippen molar-refractivity contribution >= 4 is 20.9 Å². The number of hydrogen-bond acceptors (Lipinski definition) is 3. The summed E-state index contributed by atoms with van der Waals surface area (Å²) in [5.74, 6) is 1.43. The first-order chi connectivity index (χ1) is 10.6. The zero-order valence-corrected chi connectivity index (χ0v) is 16.2. The van der Waals surface area contributed by atoms with E-state index in [1.165, 1.54) is 37.7 Å². The second kappa shape index (κ2) is 7.00. The van der Waals surface area contributed by atoms with E-state index in [9.17, 15) is 10.0 Å². The summed E-state index contributed by atoms with van der Waals surface area (Å²) in [5.41, 5.74) is 1.73. The first kappa shape index (κ1) is 18.6. The summed E-state index contributed by atoms with van der Waals surface area (Å²) in [6.07, 6.45) is 6.13. The molecule has 128 valence electrons. The lowest BCUT2D eigenvalue weighted by Gasteiger charge is -2.38. The molecule has 0 spiro atoms. The maximum Gasteiger partial charge on any atom is 0.488 e. The zero-order valence-electron chi connectivity index (χ0n) is 15.2. The lowest BCUT2D eigenvalue weighted by molar-refractivity contribution is 0.421. The summed E-state index contributed by atoms with van der Waals surface area (Å²) in [5, 5.41) is 19.2. The van der Waals surface area contributed by atoms with Crippen molar-refractivity contribution in [2.75, 3.05) is 0 Å². The van der Waals surface area contributed by atoms with Crippen molar-refractivity contribution in [3.8, 4) is 5.75 Å². The smallest absolute Gasteiger partial charge is 0.488 e. The molecule has 0 heterocycles. The van der Waals surface area contributed by atoms with Crippen LogP contribution in [0.1, 0.15) is 64.4 Å². The van der Waals surface area contributed by atoms with Crippen molar-refractivity contribution in [1.82, 2.24) is 0 Å². The van der Waals surface area contributed by atoms with Gasteiger partial charge >= 0.3 is 7.12 Å².